The molecule has 0 aliphatic heterocycles. The van der Waals surface area contributed by atoms with Crippen LogP contribution in [0, 0.1) is 5.92 Å². The van der Waals surface area contributed by atoms with Crippen molar-refractivity contribution in [3.05, 3.63) is 62.0 Å². The number of amides is 2. The molecule has 2 aromatic carbocycles. The molecule has 0 saturated heterocycles. The minimum absolute atomic E-state index is 0.0143. The van der Waals surface area contributed by atoms with Crippen LogP contribution >= 0.6 is 39.1 Å². The zero-order valence-corrected chi connectivity index (χ0v) is 24.4. The average Bonchev–Trinajstić information content (AvgIpc) is 2.77. The van der Waals surface area contributed by atoms with Gasteiger partial charge in [-0.25, -0.2) is 0 Å². The Kier molecular flexibility index (Phi) is 10.9. The summed E-state index contributed by atoms with van der Waals surface area (Å²) in [6.07, 6.45) is 0.432. The molecule has 0 unspecified atom stereocenters. The number of rotatable bonds is 10. The summed E-state index contributed by atoms with van der Waals surface area (Å²) in [5, 5.41) is 3.82. The van der Waals surface area contributed by atoms with Gasteiger partial charge in [0.1, 0.15) is 11.8 Å². The molecule has 0 aliphatic carbocycles. The van der Waals surface area contributed by atoms with Gasteiger partial charge in [0.15, 0.2) is 6.61 Å². The zero-order chi connectivity index (χ0) is 26.3. The quantitative estimate of drug-likeness (QED) is 0.326. The van der Waals surface area contributed by atoms with Gasteiger partial charge in [-0.15, -0.1) is 0 Å². The molecule has 0 heterocycles. The molecule has 0 fully saturated rings. The Labute approximate surface area is 227 Å². The van der Waals surface area contributed by atoms with Crippen molar-refractivity contribution in [2.24, 2.45) is 5.92 Å². The van der Waals surface area contributed by atoms with Crippen LogP contribution < -0.4 is 10.1 Å². The molecular formula is C27H35BrCl2N2O3. The van der Waals surface area contributed by atoms with E-state index in [2.05, 4.69) is 42.0 Å². The topological polar surface area (TPSA) is 58.6 Å². The van der Waals surface area contributed by atoms with E-state index < -0.39 is 6.04 Å². The van der Waals surface area contributed by atoms with Gasteiger partial charge in [-0.1, -0.05) is 76.9 Å². The fourth-order valence-corrected chi connectivity index (χ4v) is 4.51. The summed E-state index contributed by atoms with van der Waals surface area (Å²) in [4.78, 5) is 28.0. The van der Waals surface area contributed by atoms with Crippen LogP contribution in [0.5, 0.6) is 5.75 Å². The SMILES string of the molecule is CC[C@@H](C(=O)NCC(C)C)N(Cc1c(Cl)cccc1Cl)C(=O)COc1ccc(C(C)(C)C)cc1Br. The van der Waals surface area contributed by atoms with Gasteiger partial charge >= 0.3 is 0 Å². The average molecular weight is 586 g/mol. The standard InChI is InChI=1S/C27H35BrCl2N2O3/c1-7-23(26(34)31-14-17(2)3)32(15-19-21(29)9-8-10-22(19)30)25(33)16-35-24-12-11-18(13-20(24)28)27(4,5)6/h8-13,17,23H,7,14-16H2,1-6H3,(H,31,34)/t23-/m0/s1. The molecule has 5 nitrogen and oxygen atoms in total. The van der Waals surface area contributed by atoms with Crippen molar-refractivity contribution in [3.8, 4) is 5.75 Å². The van der Waals surface area contributed by atoms with Crippen LogP contribution in [0.2, 0.25) is 10.0 Å². The molecule has 0 aromatic heterocycles. The van der Waals surface area contributed by atoms with Gasteiger partial charge in [0, 0.05) is 28.7 Å². The number of hydrogen-bond acceptors (Lipinski definition) is 3. The van der Waals surface area contributed by atoms with Gasteiger partial charge in [0.25, 0.3) is 5.91 Å². The van der Waals surface area contributed by atoms with Crippen LogP contribution in [0.1, 0.15) is 59.1 Å². The number of halogens is 3. The van der Waals surface area contributed by atoms with Crippen LogP contribution in [0.4, 0.5) is 0 Å². The van der Waals surface area contributed by atoms with E-state index in [1.165, 1.54) is 4.90 Å². The zero-order valence-electron chi connectivity index (χ0n) is 21.3. The second-order valence-electron chi connectivity index (χ2n) is 9.97. The number of carbonyl (C=O) groups excluding carboxylic acids is 2. The van der Waals surface area contributed by atoms with Crippen LogP contribution in [0.25, 0.3) is 0 Å². The van der Waals surface area contributed by atoms with Crippen LogP contribution in [-0.2, 0) is 21.5 Å². The molecule has 1 N–H and O–H groups in total. The Morgan fingerprint density at radius 3 is 2.26 bits per heavy atom. The van der Waals surface area contributed by atoms with Crippen molar-refractivity contribution >= 4 is 50.9 Å². The van der Waals surface area contributed by atoms with Crippen LogP contribution in [0.3, 0.4) is 0 Å². The van der Waals surface area contributed by atoms with Crippen LogP contribution in [-0.4, -0.2) is 35.9 Å². The molecule has 0 radical (unpaired) electrons. The minimum atomic E-state index is -0.691. The number of nitrogens with one attached hydrogen (secondary N) is 1. The van der Waals surface area contributed by atoms with Crippen molar-refractivity contribution in [1.82, 2.24) is 10.2 Å². The number of nitrogens with zero attached hydrogens (tertiary/aromatic N) is 1. The van der Waals surface area contributed by atoms with Gasteiger partial charge < -0.3 is 15.0 Å². The predicted molar refractivity (Wildman–Crippen MR) is 147 cm³/mol. The summed E-state index contributed by atoms with van der Waals surface area (Å²) in [5.74, 6) is 0.294. The Morgan fingerprint density at radius 2 is 1.74 bits per heavy atom. The van der Waals surface area contributed by atoms with E-state index in [4.69, 9.17) is 27.9 Å². The van der Waals surface area contributed by atoms with Gasteiger partial charge in [0.05, 0.1) is 4.47 Å². The number of ether oxygens (including phenoxy) is 1. The van der Waals surface area contributed by atoms with Crippen LogP contribution in [0.15, 0.2) is 40.9 Å². The Morgan fingerprint density at radius 1 is 1.11 bits per heavy atom. The normalized spacial score (nSPS) is 12.4. The maximum atomic E-state index is 13.4. The Hall–Kier alpha value is -1.76. The van der Waals surface area contributed by atoms with E-state index in [9.17, 15) is 9.59 Å². The van der Waals surface area contributed by atoms with E-state index >= 15 is 0 Å². The summed E-state index contributed by atoms with van der Waals surface area (Å²) in [5.41, 5.74) is 1.72. The highest BCUT2D eigenvalue weighted by Gasteiger charge is 2.30. The summed E-state index contributed by atoms with van der Waals surface area (Å²) in [7, 11) is 0. The maximum Gasteiger partial charge on any atom is 0.261 e. The third-order valence-corrected chi connectivity index (χ3v) is 6.94. The van der Waals surface area contributed by atoms with E-state index in [1.54, 1.807) is 18.2 Å². The highest BCUT2D eigenvalue weighted by Crippen LogP contribution is 2.32. The molecular weight excluding hydrogens is 551 g/mol. The lowest BCUT2D eigenvalue weighted by Crippen LogP contribution is -2.50. The second-order valence-corrected chi connectivity index (χ2v) is 11.6. The summed E-state index contributed by atoms with van der Waals surface area (Å²) in [6.45, 7) is 12.7. The van der Waals surface area contributed by atoms with Gasteiger partial charge in [0.2, 0.25) is 5.91 Å². The molecule has 0 bridgehead atoms. The highest BCUT2D eigenvalue weighted by atomic mass is 79.9. The molecule has 35 heavy (non-hydrogen) atoms. The molecule has 2 rings (SSSR count). The van der Waals surface area contributed by atoms with E-state index in [0.717, 1.165) is 10.0 Å². The first-order valence-corrected chi connectivity index (χ1v) is 13.3. The third kappa shape index (κ3) is 8.40. The van der Waals surface area contributed by atoms with Gasteiger partial charge in [-0.05, 0) is 63.5 Å². The molecule has 0 saturated carbocycles. The molecule has 0 aliphatic rings. The lowest BCUT2D eigenvalue weighted by atomic mass is 9.87. The third-order valence-electron chi connectivity index (χ3n) is 5.61. The Balaban J connectivity index is 2.29. The second kappa shape index (κ2) is 13.0. The fourth-order valence-electron chi connectivity index (χ4n) is 3.50. The first-order chi connectivity index (χ1) is 16.3. The molecule has 8 heteroatoms. The van der Waals surface area contributed by atoms with E-state index in [-0.39, 0.29) is 36.3 Å². The van der Waals surface area contributed by atoms with Gasteiger partial charge in [-0.3, -0.25) is 9.59 Å². The first-order valence-electron chi connectivity index (χ1n) is 11.8. The molecule has 192 valence electrons. The summed E-state index contributed by atoms with van der Waals surface area (Å²) in [6, 6.07) is 10.3. The lowest BCUT2D eigenvalue weighted by Gasteiger charge is -2.31. The van der Waals surface area contributed by atoms with Gasteiger partial charge in [-0.2, -0.15) is 0 Å². The lowest BCUT2D eigenvalue weighted by molar-refractivity contribution is -0.143. The maximum absolute atomic E-state index is 13.4. The number of carbonyl (C=O) groups is 2. The molecule has 2 amide bonds. The van der Waals surface area contributed by atoms with Crippen molar-refractivity contribution < 1.29 is 14.3 Å². The molecule has 0 spiro atoms. The monoisotopic (exact) mass is 584 g/mol. The fraction of sp³-hybridized carbons (Fsp3) is 0.481. The minimum Gasteiger partial charge on any atom is -0.483 e. The van der Waals surface area contributed by atoms with Crippen molar-refractivity contribution in [3.63, 3.8) is 0 Å². The predicted octanol–water partition coefficient (Wildman–Crippen LogP) is 7.01. The Bertz CT molecular complexity index is 1020. The molecule has 1 atom stereocenters. The number of hydrogen-bond donors (Lipinski definition) is 1. The largest absolute Gasteiger partial charge is 0.483 e. The van der Waals surface area contributed by atoms with Crippen molar-refractivity contribution in [1.29, 1.82) is 0 Å². The smallest absolute Gasteiger partial charge is 0.261 e. The van der Waals surface area contributed by atoms with E-state index in [1.807, 2.05) is 39.0 Å². The number of benzene rings is 2. The summed E-state index contributed by atoms with van der Waals surface area (Å²) < 4.78 is 6.65. The van der Waals surface area contributed by atoms with E-state index in [0.29, 0.717) is 34.3 Å². The van der Waals surface area contributed by atoms with Crippen molar-refractivity contribution in [2.75, 3.05) is 13.2 Å². The first kappa shape index (κ1) is 29.5. The highest BCUT2D eigenvalue weighted by molar-refractivity contribution is 9.10. The van der Waals surface area contributed by atoms with Crippen molar-refractivity contribution in [2.45, 2.75) is 66.0 Å². The summed E-state index contributed by atoms with van der Waals surface area (Å²) >= 11 is 16.3. The molecule has 2 aromatic rings.